The van der Waals surface area contributed by atoms with Crippen molar-refractivity contribution in [3.8, 4) is 11.5 Å². The quantitative estimate of drug-likeness (QED) is 0.383. The first-order valence-corrected chi connectivity index (χ1v) is 10.6. The number of nitrogens with one attached hydrogen (secondary N) is 1. The Kier molecular flexibility index (Phi) is 6.98. The van der Waals surface area contributed by atoms with Crippen molar-refractivity contribution >= 4 is 35.4 Å². The van der Waals surface area contributed by atoms with Crippen molar-refractivity contribution in [1.29, 1.82) is 0 Å². The molecule has 0 atom stereocenters. The van der Waals surface area contributed by atoms with Crippen LogP contribution in [-0.4, -0.2) is 40.3 Å². The van der Waals surface area contributed by atoms with E-state index in [1.807, 2.05) is 32.0 Å². The molecular formula is C21H22N4O6S. The van der Waals surface area contributed by atoms with E-state index in [9.17, 15) is 14.4 Å². The van der Waals surface area contributed by atoms with Crippen molar-refractivity contribution in [1.82, 2.24) is 10.2 Å². The molecule has 10 nitrogen and oxygen atoms in total. The molecule has 3 rings (SSSR count). The van der Waals surface area contributed by atoms with E-state index in [0.717, 1.165) is 28.5 Å². The van der Waals surface area contributed by atoms with Crippen LogP contribution in [0.5, 0.6) is 0 Å². The van der Waals surface area contributed by atoms with Gasteiger partial charge in [-0.25, -0.2) is 4.79 Å². The number of benzene rings is 1. The highest BCUT2D eigenvalue weighted by Gasteiger charge is 2.29. The second-order valence-corrected chi connectivity index (χ2v) is 7.76. The molecule has 3 N–H and O–H groups in total. The van der Waals surface area contributed by atoms with E-state index >= 15 is 0 Å². The number of amides is 2. The van der Waals surface area contributed by atoms with Crippen LogP contribution in [0, 0.1) is 20.8 Å². The maximum atomic E-state index is 12.4. The molecule has 0 saturated carbocycles. The summed E-state index contributed by atoms with van der Waals surface area (Å²) in [6.45, 7) is 7.19. The van der Waals surface area contributed by atoms with Gasteiger partial charge in [0, 0.05) is 5.56 Å². The third kappa shape index (κ3) is 4.99. The lowest BCUT2D eigenvalue weighted by atomic mass is 10.1. The lowest BCUT2D eigenvalue weighted by molar-refractivity contribution is -0.113. The third-order valence-corrected chi connectivity index (χ3v) is 5.37. The number of esters is 1. The monoisotopic (exact) mass is 458 g/mol. The highest BCUT2D eigenvalue weighted by Crippen LogP contribution is 2.29. The van der Waals surface area contributed by atoms with Gasteiger partial charge in [0.2, 0.25) is 17.7 Å². The van der Waals surface area contributed by atoms with Crippen molar-refractivity contribution in [2.75, 3.05) is 17.7 Å². The number of rotatable bonds is 8. The summed E-state index contributed by atoms with van der Waals surface area (Å²) < 4.78 is 15.9. The maximum absolute atomic E-state index is 12.4. The van der Waals surface area contributed by atoms with Crippen LogP contribution in [0.2, 0.25) is 0 Å². The molecule has 11 heteroatoms. The number of hydrogen-bond acceptors (Lipinski definition) is 9. The largest absolute Gasteiger partial charge is 0.462 e. The molecule has 2 heterocycles. The molecule has 0 radical (unpaired) electrons. The summed E-state index contributed by atoms with van der Waals surface area (Å²) in [4.78, 5) is 36.4. The average Bonchev–Trinajstić information content (AvgIpc) is 3.33. The Balaban J connectivity index is 1.69. The Labute approximate surface area is 187 Å². The standard InChI is InChI=1S/C21H22N4O6S/c1-5-29-20(28)15-12(4)30-19(16(15)17(22)27)23-14(26)9-32-21-25-24-18(31-21)13-7-6-10(2)11(3)8-13/h6-8H,5,9H2,1-4H3,(H2,22,27)(H,23,26). The first-order chi connectivity index (χ1) is 15.2. The zero-order valence-corrected chi connectivity index (χ0v) is 18.8. The Hall–Kier alpha value is -3.60. The van der Waals surface area contributed by atoms with Gasteiger partial charge in [-0.1, -0.05) is 17.8 Å². The number of ether oxygens (including phenoxy) is 1. The lowest BCUT2D eigenvalue weighted by Crippen LogP contribution is -2.21. The SMILES string of the molecule is CCOC(=O)c1c(C)oc(NC(=O)CSc2nnc(-c3ccc(C)c(C)c3)o2)c1C(N)=O. The molecule has 32 heavy (non-hydrogen) atoms. The molecule has 0 saturated heterocycles. The van der Waals surface area contributed by atoms with Crippen LogP contribution in [-0.2, 0) is 9.53 Å². The number of carbonyl (C=O) groups is 3. The summed E-state index contributed by atoms with van der Waals surface area (Å²) in [5, 5.41) is 10.6. The summed E-state index contributed by atoms with van der Waals surface area (Å²) >= 11 is 1.01. The zero-order valence-electron chi connectivity index (χ0n) is 18.0. The van der Waals surface area contributed by atoms with E-state index in [2.05, 4.69) is 15.5 Å². The zero-order chi connectivity index (χ0) is 23.4. The van der Waals surface area contributed by atoms with Crippen LogP contribution in [0.1, 0.15) is 44.5 Å². The number of aromatic nitrogens is 2. The van der Waals surface area contributed by atoms with Gasteiger partial charge >= 0.3 is 5.97 Å². The van der Waals surface area contributed by atoms with Crippen molar-refractivity contribution in [3.05, 3.63) is 46.2 Å². The minimum absolute atomic E-state index is 0.105. The first kappa shape index (κ1) is 23.1. The summed E-state index contributed by atoms with van der Waals surface area (Å²) in [6.07, 6.45) is 0. The third-order valence-electron chi connectivity index (χ3n) is 4.55. The van der Waals surface area contributed by atoms with Gasteiger partial charge in [0.15, 0.2) is 0 Å². The van der Waals surface area contributed by atoms with Crippen LogP contribution in [0.25, 0.3) is 11.5 Å². The van der Waals surface area contributed by atoms with E-state index in [0.29, 0.717) is 5.89 Å². The normalized spacial score (nSPS) is 10.8. The fourth-order valence-corrected chi connectivity index (χ4v) is 3.43. The predicted octanol–water partition coefficient (Wildman–Crippen LogP) is 3.26. The molecule has 2 aromatic heterocycles. The van der Waals surface area contributed by atoms with Gasteiger partial charge in [0.25, 0.3) is 11.1 Å². The van der Waals surface area contributed by atoms with Crippen LogP contribution in [0.4, 0.5) is 5.88 Å². The Morgan fingerprint density at radius 2 is 1.84 bits per heavy atom. The van der Waals surface area contributed by atoms with Gasteiger partial charge in [-0.3, -0.25) is 14.9 Å². The maximum Gasteiger partial charge on any atom is 0.342 e. The number of hydrogen-bond donors (Lipinski definition) is 2. The minimum Gasteiger partial charge on any atom is -0.462 e. The van der Waals surface area contributed by atoms with Gasteiger partial charge in [-0.05, 0) is 51.0 Å². The molecule has 168 valence electrons. The Morgan fingerprint density at radius 3 is 2.50 bits per heavy atom. The van der Waals surface area contributed by atoms with E-state index in [1.165, 1.54) is 6.92 Å². The van der Waals surface area contributed by atoms with Crippen LogP contribution < -0.4 is 11.1 Å². The Bertz CT molecular complexity index is 1180. The van der Waals surface area contributed by atoms with Crippen LogP contribution in [0.15, 0.2) is 32.3 Å². The predicted molar refractivity (Wildman–Crippen MR) is 116 cm³/mol. The van der Waals surface area contributed by atoms with Crippen molar-refractivity contribution < 1.29 is 28.0 Å². The first-order valence-electron chi connectivity index (χ1n) is 9.65. The number of carbonyl (C=O) groups excluding carboxylic acids is 3. The van der Waals surface area contributed by atoms with Crippen molar-refractivity contribution in [2.45, 2.75) is 32.9 Å². The summed E-state index contributed by atoms with van der Waals surface area (Å²) in [5.74, 6) is -2.09. The molecule has 0 fully saturated rings. The minimum atomic E-state index is -0.928. The number of anilines is 1. The fourth-order valence-electron chi connectivity index (χ4n) is 2.87. The highest BCUT2D eigenvalue weighted by atomic mass is 32.2. The second-order valence-electron chi connectivity index (χ2n) is 6.83. The molecule has 2 amide bonds. The van der Waals surface area contributed by atoms with Crippen molar-refractivity contribution in [3.63, 3.8) is 0 Å². The summed E-state index contributed by atoms with van der Waals surface area (Å²) in [6, 6.07) is 5.78. The van der Waals surface area contributed by atoms with Crippen molar-refractivity contribution in [2.24, 2.45) is 5.73 Å². The Morgan fingerprint density at radius 1 is 1.09 bits per heavy atom. The van der Waals surface area contributed by atoms with E-state index in [-0.39, 0.29) is 40.4 Å². The topological polar surface area (TPSA) is 151 Å². The van der Waals surface area contributed by atoms with E-state index in [4.69, 9.17) is 19.3 Å². The molecular weight excluding hydrogens is 436 g/mol. The van der Waals surface area contributed by atoms with Gasteiger partial charge in [-0.2, -0.15) is 0 Å². The van der Waals surface area contributed by atoms with E-state index < -0.39 is 17.8 Å². The van der Waals surface area contributed by atoms with Crippen LogP contribution >= 0.6 is 11.8 Å². The van der Waals surface area contributed by atoms with Gasteiger partial charge < -0.3 is 19.3 Å². The fraction of sp³-hybridized carbons (Fsp3) is 0.286. The smallest absolute Gasteiger partial charge is 0.342 e. The average molecular weight is 458 g/mol. The van der Waals surface area contributed by atoms with Gasteiger partial charge in [0.05, 0.1) is 12.4 Å². The number of furan rings is 1. The van der Waals surface area contributed by atoms with E-state index in [1.54, 1.807) is 6.92 Å². The molecule has 3 aromatic rings. The number of primary amides is 1. The molecule has 0 unspecified atom stereocenters. The molecule has 0 aliphatic rings. The second kappa shape index (κ2) is 9.69. The molecule has 0 aliphatic carbocycles. The van der Waals surface area contributed by atoms with Gasteiger partial charge in [0.1, 0.15) is 16.9 Å². The van der Waals surface area contributed by atoms with Gasteiger partial charge in [-0.15, -0.1) is 10.2 Å². The number of nitrogens with two attached hydrogens (primary N) is 1. The molecule has 0 spiro atoms. The number of nitrogens with zero attached hydrogens (tertiary/aromatic N) is 2. The molecule has 0 bridgehead atoms. The van der Waals surface area contributed by atoms with Crippen LogP contribution in [0.3, 0.4) is 0 Å². The molecule has 0 aliphatic heterocycles. The summed E-state index contributed by atoms with van der Waals surface area (Å²) in [7, 11) is 0. The molecule has 1 aromatic carbocycles. The number of thioether (sulfide) groups is 1. The summed E-state index contributed by atoms with van der Waals surface area (Å²) in [5.41, 5.74) is 8.05. The highest BCUT2D eigenvalue weighted by molar-refractivity contribution is 7.99. The number of aryl methyl sites for hydroxylation is 3. The lowest BCUT2D eigenvalue weighted by Gasteiger charge is -2.04.